The summed E-state index contributed by atoms with van der Waals surface area (Å²) in [6.45, 7) is 1.85. The molecule has 3 aromatic heterocycles. The molecular formula is C17H14N6O. The van der Waals surface area contributed by atoms with Gasteiger partial charge in [-0.15, -0.1) is 0 Å². The molecule has 0 saturated carbocycles. The quantitative estimate of drug-likeness (QED) is 0.621. The van der Waals surface area contributed by atoms with Crippen molar-refractivity contribution >= 4 is 11.8 Å². The Morgan fingerprint density at radius 3 is 2.71 bits per heavy atom. The lowest BCUT2D eigenvalue weighted by Gasteiger charge is -2.08. The lowest BCUT2D eigenvalue weighted by molar-refractivity contribution is 0.429. The normalized spacial score (nSPS) is 10.7. The van der Waals surface area contributed by atoms with Crippen LogP contribution in [0.2, 0.25) is 0 Å². The Hall–Kier alpha value is -3.48. The monoisotopic (exact) mass is 318 g/mol. The summed E-state index contributed by atoms with van der Waals surface area (Å²) >= 11 is 0. The minimum Gasteiger partial charge on any atom is -0.338 e. The molecule has 0 atom stereocenters. The van der Waals surface area contributed by atoms with Crippen molar-refractivity contribution in [1.82, 2.24) is 24.7 Å². The number of aromatic nitrogens is 5. The first-order valence-corrected chi connectivity index (χ1v) is 7.42. The van der Waals surface area contributed by atoms with Gasteiger partial charge in [0.05, 0.1) is 5.69 Å². The number of hydrogen-bond acceptors (Lipinski definition) is 6. The van der Waals surface area contributed by atoms with Crippen LogP contribution < -0.4 is 5.32 Å². The van der Waals surface area contributed by atoms with Crippen molar-refractivity contribution in [3.8, 4) is 17.2 Å². The summed E-state index contributed by atoms with van der Waals surface area (Å²) in [6, 6.07) is 13.6. The van der Waals surface area contributed by atoms with E-state index < -0.39 is 0 Å². The molecule has 4 aromatic rings. The zero-order valence-electron chi connectivity index (χ0n) is 12.9. The van der Waals surface area contributed by atoms with Crippen LogP contribution in [0.5, 0.6) is 0 Å². The Balaban J connectivity index is 1.68. The number of nitrogens with zero attached hydrogens (tertiary/aromatic N) is 5. The van der Waals surface area contributed by atoms with Crippen molar-refractivity contribution in [2.75, 3.05) is 5.32 Å². The summed E-state index contributed by atoms with van der Waals surface area (Å²) in [6.07, 6.45) is 5.30. The van der Waals surface area contributed by atoms with Gasteiger partial charge in [-0.2, -0.15) is 4.98 Å². The second kappa shape index (κ2) is 5.96. The summed E-state index contributed by atoms with van der Waals surface area (Å²) < 4.78 is 7.04. The summed E-state index contributed by atoms with van der Waals surface area (Å²) in [5, 5.41) is 6.83. The van der Waals surface area contributed by atoms with Crippen molar-refractivity contribution in [3.63, 3.8) is 0 Å². The Labute approximate surface area is 138 Å². The maximum Gasteiger partial charge on any atom is 0.231 e. The van der Waals surface area contributed by atoms with E-state index in [0.717, 1.165) is 17.1 Å². The summed E-state index contributed by atoms with van der Waals surface area (Å²) in [5.41, 5.74) is 1.80. The van der Waals surface area contributed by atoms with Crippen molar-refractivity contribution in [1.29, 1.82) is 0 Å². The average molecular weight is 318 g/mol. The van der Waals surface area contributed by atoms with E-state index in [2.05, 4.69) is 25.4 Å². The summed E-state index contributed by atoms with van der Waals surface area (Å²) in [5.74, 6) is 2.45. The fourth-order valence-electron chi connectivity index (χ4n) is 2.37. The number of benzene rings is 1. The predicted octanol–water partition coefficient (Wildman–Crippen LogP) is 3.37. The molecule has 0 aliphatic heterocycles. The average Bonchev–Trinajstić information content (AvgIpc) is 3.25. The van der Waals surface area contributed by atoms with Gasteiger partial charge < -0.3 is 4.52 Å². The third-order valence-corrected chi connectivity index (χ3v) is 3.42. The second-order valence-electron chi connectivity index (χ2n) is 5.18. The molecule has 7 heteroatoms. The molecule has 118 valence electrons. The van der Waals surface area contributed by atoms with Crippen molar-refractivity contribution in [2.45, 2.75) is 6.92 Å². The number of anilines is 2. The van der Waals surface area contributed by atoms with E-state index in [-0.39, 0.29) is 0 Å². The van der Waals surface area contributed by atoms with Crippen LogP contribution in [0.1, 0.15) is 5.69 Å². The first-order chi connectivity index (χ1) is 11.8. The van der Waals surface area contributed by atoms with Crippen molar-refractivity contribution in [3.05, 3.63) is 66.7 Å². The second-order valence-corrected chi connectivity index (χ2v) is 5.18. The standard InChI is InChI=1S/C17H14N6O/c1-12-11-15(24-22-12)21-17-19-8-7-14(20-17)23-10-9-18-16(23)13-5-3-2-4-6-13/h2-11H,1H3,(H,19,20,21). The Morgan fingerprint density at radius 1 is 1.04 bits per heavy atom. The van der Waals surface area contributed by atoms with Gasteiger partial charge in [0, 0.05) is 30.2 Å². The highest BCUT2D eigenvalue weighted by atomic mass is 16.5. The minimum atomic E-state index is 0.427. The molecule has 0 fully saturated rings. The molecule has 24 heavy (non-hydrogen) atoms. The van der Waals surface area contributed by atoms with E-state index in [9.17, 15) is 0 Å². The van der Waals surface area contributed by atoms with E-state index in [1.807, 2.05) is 54.1 Å². The molecule has 0 radical (unpaired) electrons. The van der Waals surface area contributed by atoms with Gasteiger partial charge in [0.1, 0.15) is 11.6 Å². The fourth-order valence-corrected chi connectivity index (χ4v) is 2.37. The zero-order valence-corrected chi connectivity index (χ0v) is 12.9. The van der Waals surface area contributed by atoms with Gasteiger partial charge in [0.15, 0.2) is 0 Å². The van der Waals surface area contributed by atoms with Crippen LogP contribution in [0.3, 0.4) is 0 Å². The molecule has 0 bridgehead atoms. The molecule has 0 aliphatic rings. The van der Waals surface area contributed by atoms with Gasteiger partial charge in [-0.05, 0) is 13.0 Å². The smallest absolute Gasteiger partial charge is 0.231 e. The molecule has 7 nitrogen and oxygen atoms in total. The molecular weight excluding hydrogens is 304 g/mol. The highest BCUT2D eigenvalue weighted by Crippen LogP contribution is 2.21. The van der Waals surface area contributed by atoms with E-state index in [1.54, 1.807) is 18.5 Å². The van der Waals surface area contributed by atoms with Crippen LogP contribution in [0.4, 0.5) is 11.8 Å². The highest BCUT2D eigenvalue weighted by Gasteiger charge is 2.10. The first-order valence-electron chi connectivity index (χ1n) is 7.42. The van der Waals surface area contributed by atoms with Gasteiger partial charge in [0.2, 0.25) is 11.8 Å². The Morgan fingerprint density at radius 2 is 1.92 bits per heavy atom. The Kier molecular flexibility index (Phi) is 3.51. The number of hydrogen-bond donors (Lipinski definition) is 1. The van der Waals surface area contributed by atoms with Crippen LogP contribution >= 0.6 is 0 Å². The van der Waals surface area contributed by atoms with Gasteiger partial charge in [-0.3, -0.25) is 9.88 Å². The molecule has 0 saturated heterocycles. The number of nitrogens with one attached hydrogen (secondary N) is 1. The van der Waals surface area contributed by atoms with Crippen LogP contribution in [0, 0.1) is 6.92 Å². The van der Waals surface area contributed by atoms with Gasteiger partial charge >= 0.3 is 0 Å². The van der Waals surface area contributed by atoms with Crippen LogP contribution in [-0.2, 0) is 0 Å². The lowest BCUT2D eigenvalue weighted by Crippen LogP contribution is -2.03. The number of imidazole rings is 1. The maximum atomic E-state index is 5.13. The largest absolute Gasteiger partial charge is 0.338 e. The maximum absolute atomic E-state index is 5.13. The minimum absolute atomic E-state index is 0.427. The molecule has 1 N–H and O–H groups in total. The molecule has 1 aromatic carbocycles. The van der Waals surface area contributed by atoms with Crippen molar-refractivity contribution < 1.29 is 4.52 Å². The third-order valence-electron chi connectivity index (χ3n) is 3.42. The van der Waals surface area contributed by atoms with E-state index >= 15 is 0 Å². The van der Waals surface area contributed by atoms with Crippen LogP contribution in [0.15, 0.2) is 65.6 Å². The summed E-state index contributed by atoms with van der Waals surface area (Å²) in [4.78, 5) is 13.2. The van der Waals surface area contributed by atoms with Gasteiger partial charge in [0.25, 0.3) is 0 Å². The molecule has 0 unspecified atom stereocenters. The topological polar surface area (TPSA) is 81.7 Å². The van der Waals surface area contributed by atoms with Crippen LogP contribution in [-0.4, -0.2) is 24.7 Å². The summed E-state index contributed by atoms with van der Waals surface area (Å²) in [7, 11) is 0. The number of rotatable bonds is 4. The molecule has 3 heterocycles. The first kappa shape index (κ1) is 14.1. The van der Waals surface area contributed by atoms with E-state index in [1.165, 1.54) is 0 Å². The highest BCUT2D eigenvalue weighted by molar-refractivity contribution is 5.58. The van der Waals surface area contributed by atoms with Gasteiger partial charge in [-0.25, -0.2) is 9.97 Å². The molecule has 0 amide bonds. The SMILES string of the molecule is Cc1cc(Nc2nccc(-n3ccnc3-c3ccccc3)n2)on1. The van der Waals surface area contributed by atoms with Gasteiger partial charge in [-0.1, -0.05) is 35.5 Å². The fraction of sp³-hybridized carbons (Fsp3) is 0.0588. The molecule has 0 aliphatic carbocycles. The van der Waals surface area contributed by atoms with Crippen molar-refractivity contribution in [2.24, 2.45) is 0 Å². The zero-order chi connectivity index (χ0) is 16.4. The molecule has 0 spiro atoms. The van der Waals surface area contributed by atoms with E-state index in [4.69, 9.17) is 4.52 Å². The number of aryl methyl sites for hydroxylation is 1. The Bertz CT molecular complexity index is 960. The third kappa shape index (κ3) is 2.74. The molecule has 4 rings (SSSR count). The predicted molar refractivity (Wildman–Crippen MR) is 89.1 cm³/mol. The van der Waals surface area contributed by atoms with E-state index in [0.29, 0.717) is 17.7 Å². The lowest BCUT2D eigenvalue weighted by atomic mass is 10.2. The van der Waals surface area contributed by atoms with Crippen LogP contribution in [0.25, 0.3) is 17.2 Å².